The van der Waals surface area contributed by atoms with E-state index in [1.165, 1.54) is 0 Å². The lowest BCUT2D eigenvalue weighted by atomic mass is 9.95. The third kappa shape index (κ3) is 57.7. The Labute approximate surface area is 834 Å². The first-order valence-electron chi connectivity index (χ1n) is 51.8. The summed E-state index contributed by atoms with van der Waals surface area (Å²) in [5.41, 5.74) is 43.6. The highest BCUT2D eigenvalue weighted by atomic mass is 16.2. The Morgan fingerprint density at radius 3 is 0.664 bits per heavy atom. The van der Waals surface area contributed by atoms with Gasteiger partial charge in [-0.15, -0.1) is 0 Å². The molecule has 0 rings (SSSR count). The highest BCUT2D eigenvalue weighted by molar-refractivity contribution is 6.01. The van der Waals surface area contributed by atoms with Crippen LogP contribution in [0, 0.1) is 53.3 Å². The topological polar surface area (TPSA) is 703 Å². The Balaban J connectivity index is 7.38. The normalized spacial score (nSPS) is 15.0. The van der Waals surface area contributed by atoms with E-state index < -0.39 is 198 Å². The zero-order chi connectivity index (χ0) is 106. The smallest absolute Gasteiger partial charge is 0.243 e. The predicted molar refractivity (Wildman–Crippen MR) is 544 cm³/mol. The van der Waals surface area contributed by atoms with Crippen molar-refractivity contribution in [3.05, 3.63) is 0 Å². The molecule has 140 heavy (non-hydrogen) atoms. The van der Waals surface area contributed by atoms with Crippen molar-refractivity contribution in [3.8, 4) is 0 Å². The number of amides is 17. The molecule has 42 nitrogen and oxygen atoms in total. The van der Waals surface area contributed by atoms with Crippen molar-refractivity contribution in [1.29, 1.82) is 0 Å². The van der Waals surface area contributed by atoms with Crippen LogP contribution in [0.2, 0.25) is 0 Å². The van der Waals surface area contributed by atoms with E-state index in [2.05, 4.69) is 90.5 Å². The van der Waals surface area contributed by atoms with Crippen molar-refractivity contribution < 1.29 is 81.5 Å². The van der Waals surface area contributed by atoms with E-state index in [-0.39, 0.29) is 163 Å². The second-order valence-electron chi connectivity index (χ2n) is 41.0. The maximum atomic E-state index is 15.0. The van der Waals surface area contributed by atoms with Gasteiger partial charge >= 0.3 is 0 Å². The molecule has 42 heteroatoms. The molecule has 0 unspecified atom stereocenters. The molecule has 0 aromatic heterocycles. The lowest BCUT2D eigenvalue weighted by molar-refractivity contribution is -0.137. The second-order valence-corrected chi connectivity index (χ2v) is 41.0. The molecule has 0 saturated heterocycles. The van der Waals surface area contributed by atoms with Gasteiger partial charge < -0.3 is 125 Å². The van der Waals surface area contributed by atoms with Crippen LogP contribution in [-0.4, -0.2) is 243 Å². The summed E-state index contributed by atoms with van der Waals surface area (Å²) in [6, 6.07) is -18.5. The van der Waals surface area contributed by atoms with Crippen LogP contribution in [0.3, 0.4) is 0 Å². The van der Waals surface area contributed by atoms with E-state index in [9.17, 15) is 71.9 Å². The number of hydrazine groups is 1. The summed E-state index contributed by atoms with van der Waals surface area (Å²) >= 11 is 0. The van der Waals surface area contributed by atoms with E-state index in [0.717, 1.165) is 0 Å². The molecule has 0 saturated carbocycles. The molecule has 33 N–H and O–H groups in total. The van der Waals surface area contributed by atoms with Crippen LogP contribution >= 0.6 is 0 Å². The number of unbranched alkanes of at least 4 members (excludes halogenated alkanes) is 8. The van der Waals surface area contributed by atoms with Crippen LogP contribution in [0.4, 0.5) is 0 Å². The van der Waals surface area contributed by atoms with Crippen molar-refractivity contribution in [2.24, 2.45) is 99.2 Å². The molecule has 0 aliphatic rings. The summed E-state index contributed by atoms with van der Waals surface area (Å²) in [5.74, 6) is -8.42. The first-order chi connectivity index (χ1) is 66.1. The Hall–Kier alpha value is -9.33. The number of carbonyl (C=O) groups excluding carboxylic acids is 17. The van der Waals surface area contributed by atoms with Gasteiger partial charge in [-0.2, -0.15) is 0 Å². The molecule has 0 fully saturated rings. The molecular formula is C98H189N25O17. The summed E-state index contributed by atoms with van der Waals surface area (Å²) in [6.07, 6.45) is 9.01. The first kappa shape index (κ1) is 131. The van der Waals surface area contributed by atoms with E-state index in [1.54, 1.807) is 13.8 Å². The van der Waals surface area contributed by atoms with Gasteiger partial charge in [0, 0.05) is 13.0 Å². The molecule has 0 aliphatic carbocycles. The minimum absolute atomic E-state index is 0.0217. The van der Waals surface area contributed by atoms with E-state index >= 15 is 9.59 Å². The van der Waals surface area contributed by atoms with Gasteiger partial charge in [0.15, 0.2) is 0 Å². The van der Waals surface area contributed by atoms with Crippen LogP contribution in [0.5, 0.6) is 0 Å². The minimum atomic E-state index is -1.33. The van der Waals surface area contributed by atoms with Gasteiger partial charge in [0.2, 0.25) is 100 Å². The zero-order valence-corrected chi connectivity index (χ0v) is 88.0. The monoisotopic (exact) mass is 1990 g/mol. The van der Waals surface area contributed by atoms with Crippen LogP contribution in [0.15, 0.2) is 0 Å². The number of nitrogens with two attached hydrogens (primary N) is 8. The number of hydrogen-bond donors (Lipinski definition) is 25. The summed E-state index contributed by atoms with van der Waals surface area (Å²) in [5, 5.41) is 45.0. The van der Waals surface area contributed by atoms with E-state index in [4.69, 9.17) is 46.0 Å². The fourth-order valence-electron chi connectivity index (χ4n) is 15.8. The van der Waals surface area contributed by atoms with Crippen LogP contribution in [0.25, 0.3) is 0 Å². The highest BCUT2D eigenvalue weighted by Crippen LogP contribution is 2.21. The second kappa shape index (κ2) is 74.6. The number of rotatable bonds is 79. The molecule has 808 valence electrons. The van der Waals surface area contributed by atoms with Gasteiger partial charge in [0.1, 0.15) is 84.6 Å². The van der Waals surface area contributed by atoms with Crippen LogP contribution in [-0.2, 0) is 81.5 Å². The lowest BCUT2D eigenvalue weighted by Crippen LogP contribution is -2.62. The quantitative estimate of drug-likeness (QED) is 0.0175. The molecule has 17 amide bonds. The summed E-state index contributed by atoms with van der Waals surface area (Å²) < 4.78 is 0. The van der Waals surface area contributed by atoms with Crippen molar-refractivity contribution in [3.63, 3.8) is 0 Å². The molecule has 0 bridgehead atoms. The standard InChI is InChI=1S/C98H189N25O17/c1-19-66(18)83(98(140)114-73(40-27-33-47-104)90(132)118-78(54-63(12)13)95(137)120-76(52-61(8)9)92(134)112-71(38-25-31-45-102)88(130)115-74(50-59(4)5)91(133)110-68(35-22-28-42-99)85(127)108-57-82(125)107-48-34-20-21-41-81(124)123-106)122-97(139)80(56-65(16)17)121-96(138)79(55-64(14)15)117-89(131)72(39-26-32-46-103)113-93(135)75(51-60(6)7)119-94(136)77(53-62(10)11)116-87(129)70(37-24-30-44-101)111-86(128)69(36-23-29-43-100)109-84(126)67(105)49-58(2)3/h58-80,83H,19-57,99-106H2,1-18H3,(H,107,125)(H,108,127)(H,109,126)(H,110,133)(H,111,128)(H,112,134)(H,113,135)(H,114,140)(H,115,130)(H,116,129)(H,117,131)(H,118,132)(H,119,136)(H,120,137)(H,121,138)(H,122,139)(H,123,124)/t66-,67-,68-,69-,70-,71-,72-,73-,74-,75-,76-,77-,78-,79-,80-,83-/m0/s1. The highest BCUT2D eigenvalue weighted by Gasteiger charge is 2.41. The van der Waals surface area contributed by atoms with Gasteiger partial charge in [-0.3, -0.25) is 86.9 Å². The predicted octanol–water partition coefficient (Wildman–Crippen LogP) is 1.07. The van der Waals surface area contributed by atoms with Gasteiger partial charge in [-0.25, -0.2) is 5.84 Å². The fraction of sp³-hybridized carbons (Fsp3) is 0.827. The molecule has 0 radical (unpaired) electrons. The molecular weight excluding hydrogens is 1800 g/mol. The Kier molecular flexibility index (Phi) is 69.6. The molecule has 0 aromatic rings. The maximum absolute atomic E-state index is 15.0. The number of carbonyl (C=O) groups is 17. The average Bonchev–Trinajstić information content (AvgIpc) is 0.841. The summed E-state index contributed by atoms with van der Waals surface area (Å²) in [4.78, 5) is 243. The van der Waals surface area contributed by atoms with Gasteiger partial charge in [-0.05, 0) is 272 Å². The maximum Gasteiger partial charge on any atom is 0.243 e. The van der Waals surface area contributed by atoms with Crippen molar-refractivity contribution >= 4 is 100 Å². The van der Waals surface area contributed by atoms with Crippen molar-refractivity contribution in [2.75, 3.05) is 52.4 Å². The number of nitrogens with one attached hydrogen (secondary N) is 17. The van der Waals surface area contributed by atoms with Crippen LogP contribution < -0.4 is 136 Å². The van der Waals surface area contributed by atoms with Crippen LogP contribution in [0.1, 0.15) is 324 Å². The number of hydrogen-bond acceptors (Lipinski definition) is 25. The summed E-state index contributed by atoms with van der Waals surface area (Å²) in [7, 11) is 0. The van der Waals surface area contributed by atoms with Crippen molar-refractivity contribution in [2.45, 2.75) is 414 Å². The molecule has 0 spiro atoms. The Bertz CT molecular complexity index is 3690. The third-order valence-corrected chi connectivity index (χ3v) is 23.7. The molecule has 16 atom stereocenters. The fourth-order valence-corrected chi connectivity index (χ4v) is 15.8. The zero-order valence-electron chi connectivity index (χ0n) is 88.0. The van der Waals surface area contributed by atoms with Crippen molar-refractivity contribution in [1.82, 2.24) is 90.5 Å². The lowest BCUT2D eigenvalue weighted by Gasteiger charge is -2.31. The minimum Gasteiger partial charge on any atom is -0.355 e. The molecule has 0 aliphatic heterocycles. The summed E-state index contributed by atoms with van der Waals surface area (Å²) in [6.45, 7) is 34.6. The SMILES string of the molecule is CC[C@H](C)[C@H](NC(=O)[C@H](CC(C)C)NC(=O)[C@H](CC(C)C)NC(=O)[C@H](CCCCN)NC(=O)[C@H](CC(C)C)NC(=O)[C@H](CC(C)C)NC(=O)[C@H](CCCCN)NC(=O)[C@H](CCCCN)NC(=O)[C@@H](N)CC(C)C)C(=O)N[C@@H](CCCCN)C(=O)N[C@@H](CC(C)C)C(=O)N[C@@H](CC(C)C)C(=O)N[C@@H](CCCCN)C(=O)N[C@@H](CC(C)C)C(=O)N[C@@H](CCCCN)C(=O)NCC(=O)NCCCCCC(=O)NN. The largest absolute Gasteiger partial charge is 0.355 e. The Morgan fingerprint density at radius 2 is 0.436 bits per heavy atom. The van der Waals surface area contributed by atoms with E-state index in [1.807, 2.05) is 111 Å². The first-order valence-corrected chi connectivity index (χ1v) is 51.8. The average molecular weight is 1990 g/mol. The van der Waals surface area contributed by atoms with Gasteiger partial charge in [-0.1, -0.05) is 137 Å². The van der Waals surface area contributed by atoms with E-state index in [0.29, 0.717) is 135 Å². The molecule has 0 heterocycles. The molecule has 0 aromatic carbocycles. The van der Waals surface area contributed by atoms with Gasteiger partial charge in [0.05, 0.1) is 12.6 Å². The Morgan fingerprint density at radius 1 is 0.221 bits per heavy atom. The third-order valence-electron chi connectivity index (χ3n) is 23.7. The van der Waals surface area contributed by atoms with Gasteiger partial charge in [0.25, 0.3) is 0 Å².